The van der Waals surface area contributed by atoms with Crippen LogP contribution in [-0.4, -0.2) is 26.2 Å². The van der Waals surface area contributed by atoms with Crippen molar-refractivity contribution in [3.8, 4) is 0 Å². The maximum Gasteiger partial charge on any atom is 0.331 e. The second kappa shape index (κ2) is 4.45. The molecule has 0 aromatic heterocycles. The highest BCUT2D eigenvalue weighted by Crippen LogP contribution is 2.23. The minimum atomic E-state index is -1.59. The van der Waals surface area contributed by atoms with E-state index in [1.807, 2.05) is 0 Å². The van der Waals surface area contributed by atoms with Gasteiger partial charge in [-0.3, -0.25) is 9.59 Å². The highest BCUT2D eigenvalue weighted by molar-refractivity contribution is 6.04. The number of rotatable bonds is 4. The second-order valence-electron chi connectivity index (χ2n) is 2.26. The van der Waals surface area contributed by atoms with Gasteiger partial charge < -0.3 is 9.47 Å². The Hall–Kier alpha value is -1.58. The topological polar surface area (TPSA) is 52.6 Å². The van der Waals surface area contributed by atoms with Crippen molar-refractivity contribution in [2.75, 3.05) is 14.2 Å². The number of ether oxygens (including phenoxy) is 2. The Labute approximate surface area is 76.8 Å². The molecule has 0 spiro atoms. The van der Waals surface area contributed by atoms with Crippen molar-refractivity contribution < 1.29 is 19.1 Å². The highest BCUT2D eigenvalue weighted by atomic mass is 16.5. The van der Waals surface area contributed by atoms with Crippen LogP contribution >= 0.6 is 0 Å². The van der Waals surface area contributed by atoms with Crippen molar-refractivity contribution in [1.82, 2.24) is 0 Å². The molecule has 0 unspecified atom stereocenters. The normalized spacial score (nSPS) is 10.0. The summed E-state index contributed by atoms with van der Waals surface area (Å²) >= 11 is 0. The van der Waals surface area contributed by atoms with E-state index in [2.05, 4.69) is 22.6 Å². The van der Waals surface area contributed by atoms with Gasteiger partial charge in [0, 0.05) is 0 Å². The Balaban J connectivity index is 5.13. The lowest BCUT2D eigenvalue weighted by molar-refractivity contribution is -0.161. The zero-order chi connectivity index (χ0) is 10.5. The molecule has 0 amide bonds. The van der Waals surface area contributed by atoms with Crippen LogP contribution in [0.15, 0.2) is 25.3 Å². The molecule has 0 atom stereocenters. The molecule has 0 radical (unpaired) electrons. The van der Waals surface area contributed by atoms with E-state index in [0.29, 0.717) is 0 Å². The summed E-state index contributed by atoms with van der Waals surface area (Å²) in [5.74, 6) is -1.52. The molecule has 4 heteroatoms. The van der Waals surface area contributed by atoms with Crippen molar-refractivity contribution in [2.45, 2.75) is 0 Å². The summed E-state index contributed by atoms with van der Waals surface area (Å²) in [6.45, 7) is 6.74. The van der Waals surface area contributed by atoms with E-state index in [1.54, 1.807) is 0 Å². The summed E-state index contributed by atoms with van der Waals surface area (Å²) in [5, 5.41) is 0. The van der Waals surface area contributed by atoms with Crippen LogP contribution in [0.3, 0.4) is 0 Å². The van der Waals surface area contributed by atoms with Crippen LogP contribution < -0.4 is 0 Å². The summed E-state index contributed by atoms with van der Waals surface area (Å²) in [6, 6.07) is 0. The summed E-state index contributed by atoms with van der Waals surface area (Å²) in [6.07, 6.45) is 2.27. The van der Waals surface area contributed by atoms with Gasteiger partial charge in [-0.2, -0.15) is 0 Å². The second-order valence-corrected chi connectivity index (χ2v) is 2.26. The predicted octanol–water partition coefficient (Wildman–Crippen LogP) is 0.691. The lowest BCUT2D eigenvalue weighted by Crippen LogP contribution is -2.37. The molecule has 0 aromatic rings. The Morgan fingerprint density at radius 2 is 1.38 bits per heavy atom. The maximum absolute atomic E-state index is 11.2. The number of methoxy groups -OCH3 is 2. The number of carbonyl (C=O) groups is 2. The fourth-order valence-electron chi connectivity index (χ4n) is 0.838. The third kappa shape index (κ3) is 1.77. The fraction of sp³-hybridized carbons (Fsp3) is 0.333. The summed E-state index contributed by atoms with van der Waals surface area (Å²) in [5.41, 5.74) is -1.59. The first-order valence-electron chi connectivity index (χ1n) is 3.53. The van der Waals surface area contributed by atoms with Gasteiger partial charge in [0.05, 0.1) is 14.2 Å². The quantitative estimate of drug-likeness (QED) is 0.366. The lowest BCUT2D eigenvalue weighted by Gasteiger charge is -2.19. The molecule has 0 bridgehead atoms. The molecule has 0 N–H and O–H groups in total. The van der Waals surface area contributed by atoms with Gasteiger partial charge in [0.15, 0.2) is 0 Å². The number of carbonyl (C=O) groups excluding carboxylic acids is 2. The van der Waals surface area contributed by atoms with E-state index in [4.69, 9.17) is 0 Å². The van der Waals surface area contributed by atoms with Crippen LogP contribution in [-0.2, 0) is 19.1 Å². The van der Waals surface area contributed by atoms with E-state index in [0.717, 1.165) is 12.2 Å². The third-order valence-corrected chi connectivity index (χ3v) is 1.69. The average Bonchev–Trinajstić information content (AvgIpc) is 2.19. The smallest absolute Gasteiger partial charge is 0.331 e. The molecular weight excluding hydrogens is 172 g/mol. The van der Waals surface area contributed by atoms with Crippen LogP contribution in [0.2, 0.25) is 0 Å². The zero-order valence-electron chi connectivity index (χ0n) is 7.70. The Bertz CT molecular complexity index is 216. The van der Waals surface area contributed by atoms with E-state index in [-0.39, 0.29) is 0 Å². The first-order valence-corrected chi connectivity index (χ1v) is 3.53. The zero-order valence-corrected chi connectivity index (χ0v) is 7.70. The number of hydrogen-bond acceptors (Lipinski definition) is 4. The minimum absolute atomic E-state index is 0.760. The monoisotopic (exact) mass is 184 g/mol. The van der Waals surface area contributed by atoms with Crippen LogP contribution in [0.25, 0.3) is 0 Å². The molecule has 0 heterocycles. The molecule has 0 saturated heterocycles. The van der Waals surface area contributed by atoms with Gasteiger partial charge in [0.1, 0.15) is 0 Å². The van der Waals surface area contributed by atoms with Crippen molar-refractivity contribution in [3.05, 3.63) is 25.3 Å². The van der Waals surface area contributed by atoms with E-state index in [9.17, 15) is 9.59 Å². The molecule has 0 rings (SSSR count). The Kier molecular flexibility index (Phi) is 3.91. The fourth-order valence-corrected chi connectivity index (χ4v) is 0.838. The van der Waals surface area contributed by atoms with Gasteiger partial charge in [-0.25, -0.2) is 0 Å². The molecule has 13 heavy (non-hydrogen) atoms. The van der Waals surface area contributed by atoms with Gasteiger partial charge >= 0.3 is 11.9 Å². The third-order valence-electron chi connectivity index (χ3n) is 1.69. The van der Waals surface area contributed by atoms with Gasteiger partial charge in [-0.15, -0.1) is 13.2 Å². The molecule has 0 aliphatic carbocycles. The van der Waals surface area contributed by atoms with Crippen molar-refractivity contribution in [2.24, 2.45) is 5.41 Å². The minimum Gasteiger partial charge on any atom is -0.468 e. The first-order chi connectivity index (χ1) is 6.08. The van der Waals surface area contributed by atoms with Crippen molar-refractivity contribution in [3.63, 3.8) is 0 Å². The standard InChI is InChI=1S/C9H12O4/c1-5-9(6-2,7(10)12-3)8(11)13-4/h5-6H,1-2H2,3-4H3. The molecule has 4 nitrogen and oxygen atoms in total. The Morgan fingerprint density at radius 3 is 1.54 bits per heavy atom. The highest BCUT2D eigenvalue weighted by Gasteiger charge is 2.42. The summed E-state index contributed by atoms with van der Waals surface area (Å²) in [7, 11) is 2.35. The molecule has 0 aliphatic rings. The van der Waals surface area contributed by atoms with Crippen molar-refractivity contribution in [1.29, 1.82) is 0 Å². The molecule has 0 aliphatic heterocycles. The largest absolute Gasteiger partial charge is 0.468 e. The summed E-state index contributed by atoms with van der Waals surface area (Å²) < 4.78 is 8.88. The van der Waals surface area contributed by atoms with Gasteiger partial charge in [0.25, 0.3) is 0 Å². The number of hydrogen-bond donors (Lipinski definition) is 0. The van der Waals surface area contributed by atoms with E-state index < -0.39 is 17.4 Å². The van der Waals surface area contributed by atoms with Crippen LogP contribution in [0.5, 0.6) is 0 Å². The SMILES string of the molecule is C=CC(C=C)(C(=O)OC)C(=O)OC. The average molecular weight is 184 g/mol. The molecule has 72 valence electrons. The van der Waals surface area contributed by atoms with Crippen LogP contribution in [0.4, 0.5) is 0 Å². The molecule has 0 saturated carbocycles. The predicted molar refractivity (Wildman–Crippen MR) is 46.9 cm³/mol. The van der Waals surface area contributed by atoms with Crippen LogP contribution in [0, 0.1) is 5.41 Å². The van der Waals surface area contributed by atoms with E-state index in [1.165, 1.54) is 14.2 Å². The lowest BCUT2D eigenvalue weighted by atomic mass is 9.89. The van der Waals surface area contributed by atoms with E-state index >= 15 is 0 Å². The summed E-state index contributed by atoms with van der Waals surface area (Å²) in [4.78, 5) is 22.5. The van der Waals surface area contributed by atoms with Crippen LogP contribution in [0.1, 0.15) is 0 Å². The van der Waals surface area contributed by atoms with Gasteiger partial charge in [-0.05, 0) is 0 Å². The first kappa shape index (κ1) is 11.4. The van der Waals surface area contributed by atoms with Gasteiger partial charge in [0.2, 0.25) is 5.41 Å². The maximum atomic E-state index is 11.2. The molecule has 0 aromatic carbocycles. The van der Waals surface area contributed by atoms with Crippen molar-refractivity contribution >= 4 is 11.9 Å². The number of esters is 2. The molecule has 0 fully saturated rings. The Morgan fingerprint density at radius 1 is 1.08 bits per heavy atom. The van der Waals surface area contributed by atoms with Gasteiger partial charge in [-0.1, -0.05) is 12.2 Å². The molecular formula is C9H12O4.